The van der Waals surface area contributed by atoms with E-state index in [1.165, 1.54) is 42.1 Å². The van der Waals surface area contributed by atoms with Gasteiger partial charge in [0.2, 0.25) is 0 Å². The van der Waals surface area contributed by atoms with Crippen molar-refractivity contribution in [2.75, 3.05) is 11.4 Å². The standard InChI is InChI=1S/C20H15F3N4O3S/c1-30-18-7-4-13(9-17(18)23)11-27(14-5-6-15(21)16(22)10-14)31(28,29)19-3-2-8-26-12-24-25-20(19)26/h2-10,12H,11H2,1H3. The van der Waals surface area contributed by atoms with E-state index >= 15 is 0 Å². The second-order valence-corrected chi connectivity index (χ2v) is 8.34. The van der Waals surface area contributed by atoms with Gasteiger partial charge in [-0.05, 0) is 42.0 Å². The average Bonchev–Trinajstić information content (AvgIpc) is 3.23. The van der Waals surface area contributed by atoms with Gasteiger partial charge in [0.15, 0.2) is 28.8 Å². The monoisotopic (exact) mass is 448 g/mol. The molecule has 0 aliphatic heterocycles. The minimum absolute atomic E-state index is 0.0146. The molecule has 0 unspecified atom stereocenters. The van der Waals surface area contributed by atoms with Gasteiger partial charge in [0.1, 0.15) is 11.2 Å². The molecule has 0 atom stereocenters. The maximum atomic E-state index is 14.2. The lowest BCUT2D eigenvalue weighted by Crippen LogP contribution is -2.31. The number of sulfonamides is 1. The summed E-state index contributed by atoms with van der Waals surface area (Å²) in [5.74, 6) is -3.06. The Balaban J connectivity index is 1.86. The highest BCUT2D eigenvalue weighted by Crippen LogP contribution is 2.29. The third-order valence-corrected chi connectivity index (χ3v) is 6.38. The number of anilines is 1. The van der Waals surface area contributed by atoms with E-state index in [0.717, 1.165) is 28.6 Å². The van der Waals surface area contributed by atoms with Crippen LogP contribution in [0, 0.1) is 17.5 Å². The normalized spacial score (nSPS) is 11.6. The fraction of sp³-hybridized carbons (Fsp3) is 0.100. The summed E-state index contributed by atoms with van der Waals surface area (Å²) in [4.78, 5) is -0.203. The minimum Gasteiger partial charge on any atom is -0.494 e. The van der Waals surface area contributed by atoms with Crippen molar-refractivity contribution in [1.82, 2.24) is 14.6 Å². The fourth-order valence-electron chi connectivity index (χ4n) is 3.08. The summed E-state index contributed by atoms with van der Waals surface area (Å²) in [6, 6.07) is 9.44. The first-order valence-electron chi connectivity index (χ1n) is 8.90. The van der Waals surface area contributed by atoms with Gasteiger partial charge >= 0.3 is 0 Å². The predicted molar refractivity (Wildman–Crippen MR) is 106 cm³/mol. The number of pyridine rings is 1. The zero-order valence-corrected chi connectivity index (χ0v) is 16.9. The van der Waals surface area contributed by atoms with E-state index < -0.39 is 27.5 Å². The predicted octanol–water partition coefficient (Wildman–Crippen LogP) is 3.55. The Labute approximate surface area is 175 Å². The van der Waals surface area contributed by atoms with Crippen LogP contribution >= 0.6 is 0 Å². The van der Waals surface area contributed by atoms with Crippen molar-refractivity contribution in [1.29, 1.82) is 0 Å². The van der Waals surface area contributed by atoms with Gasteiger partial charge in [0, 0.05) is 12.3 Å². The first-order chi connectivity index (χ1) is 14.8. The lowest BCUT2D eigenvalue weighted by molar-refractivity contribution is 0.386. The lowest BCUT2D eigenvalue weighted by atomic mass is 10.2. The van der Waals surface area contributed by atoms with Crippen LogP contribution in [0.1, 0.15) is 5.56 Å². The van der Waals surface area contributed by atoms with Crippen molar-refractivity contribution < 1.29 is 26.3 Å². The molecule has 2 aromatic carbocycles. The minimum atomic E-state index is -4.34. The molecule has 0 aliphatic rings. The Morgan fingerprint density at radius 1 is 1.03 bits per heavy atom. The Bertz CT molecular complexity index is 1380. The molecule has 0 radical (unpaired) electrons. The molecule has 160 valence electrons. The molecule has 0 aliphatic carbocycles. The molecule has 0 fully saturated rings. The fourth-order valence-corrected chi connectivity index (χ4v) is 4.65. The number of nitrogens with zero attached hydrogens (tertiary/aromatic N) is 4. The van der Waals surface area contributed by atoms with Crippen LogP contribution in [0.25, 0.3) is 5.65 Å². The zero-order chi connectivity index (χ0) is 22.2. The molecule has 2 aromatic heterocycles. The van der Waals surface area contributed by atoms with Gasteiger partial charge in [-0.2, -0.15) is 0 Å². The molecule has 0 N–H and O–H groups in total. The van der Waals surface area contributed by atoms with E-state index in [2.05, 4.69) is 10.2 Å². The highest BCUT2D eigenvalue weighted by molar-refractivity contribution is 7.93. The summed E-state index contributed by atoms with van der Waals surface area (Å²) in [6.45, 7) is -0.358. The first kappa shape index (κ1) is 20.7. The van der Waals surface area contributed by atoms with Crippen molar-refractivity contribution in [3.63, 3.8) is 0 Å². The Kier molecular flexibility index (Phi) is 5.27. The molecule has 11 heteroatoms. The van der Waals surface area contributed by atoms with Crippen LogP contribution in [0.3, 0.4) is 0 Å². The Hall–Kier alpha value is -3.60. The maximum Gasteiger partial charge on any atom is 0.268 e. The van der Waals surface area contributed by atoms with Crippen molar-refractivity contribution in [3.8, 4) is 5.75 Å². The number of methoxy groups -OCH3 is 1. The van der Waals surface area contributed by atoms with Crippen LogP contribution in [0.2, 0.25) is 0 Å². The number of hydrogen-bond acceptors (Lipinski definition) is 5. The van der Waals surface area contributed by atoms with E-state index in [-0.39, 0.29) is 34.1 Å². The van der Waals surface area contributed by atoms with Crippen LogP contribution in [0.15, 0.2) is 66.0 Å². The zero-order valence-electron chi connectivity index (χ0n) is 16.0. The maximum absolute atomic E-state index is 14.2. The number of halogens is 3. The highest BCUT2D eigenvalue weighted by Gasteiger charge is 2.29. The van der Waals surface area contributed by atoms with Crippen LogP contribution < -0.4 is 9.04 Å². The summed E-state index contributed by atoms with van der Waals surface area (Å²) in [5.41, 5.74) is 0.174. The van der Waals surface area contributed by atoms with Gasteiger partial charge in [-0.3, -0.25) is 8.71 Å². The number of rotatable bonds is 6. The van der Waals surface area contributed by atoms with E-state index in [0.29, 0.717) is 0 Å². The number of ether oxygens (including phenoxy) is 1. The van der Waals surface area contributed by atoms with Gasteiger partial charge < -0.3 is 4.74 Å². The summed E-state index contributed by atoms with van der Waals surface area (Å²) >= 11 is 0. The third kappa shape index (κ3) is 3.79. The van der Waals surface area contributed by atoms with Gasteiger partial charge in [-0.25, -0.2) is 21.6 Å². The van der Waals surface area contributed by atoms with Gasteiger partial charge in [-0.15, -0.1) is 10.2 Å². The molecular weight excluding hydrogens is 433 g/mol. The van der Waals surface area contributed by atoms with E-state index in [4.69, 9.17) is 4.74 Å². The van der Waals surface area contributed by atoms with E-state index in [9.17, 15) is 21.6 Å². The summed E-state index contributed by atoms with van der Waals surface area (Å²) in [6.07, 6.45) is 2.89. The topological polar surface area (TPSA) is 76.8 Å². The van der Waals surface area contributed by atoms with Gasteiger partial charge in [-0.1, -0.05) is 6.07 Å². The van der Waals surface area contributed by atoms with E-state index in [1.807, 2.05) is 0 Å². The molecule has 2 heterocycles. The SMILES string of the molecule is COc1ccc(CN(c2ccc(F)c(F)c2)S(=O)(=O)c2cccn3cnnc23)cc1F. The van der Waals surface area contributed by atoms with Crippen molar-refractivity contribution in [2.24, 2.45) is 0 Å². The molecule has 4 rings (SSSR count). The number of benzene rings is 2. The average molecular weight is 448 g/mol. The Morgan fingerprint density at radius 2 is 1.84 bits per heavy atom. The lowest BCUT2D eigenvalue weighted by Gasteiger charge is -2.25. The number of fused-ring (bicyclic) bond motifs is 1. The summed E-state index contributed by atoms with van der Waals surface area (Å²) in [7, 11) is -3.04. The number of hydrogen-bond donors (Lipinski definition) is 0. The second-order valence-electron chi connectivity index (χ2n) is 6.51. The van der Waals surface area contributed by atoms with Crippen LogP contribution in [0.4, 0.5) is 18.9 Å². The van der Waals surface area contributed by atoms with Crippen molar-refractivity contribution in [3.05, 3.63) is 84.1 Å². The molecule has 4 aromatic rings. The second kappa shape index (κ2) is 7.91. The summed E-state index contributed by atoms with van der Waals surface area (Å²) in [5, 5.41) is 7.54. The van der Waals surface area contributed by atoms with Gasteiger partial charge in [0.05, 0.1) is 19.3 Å². The van der Waals surface area contributed by atoms with Crippen LogP contribution in [-0.4, -0.2) is 30.1 Å². The van der Waals surface area contributed by atoms with E-state index in [1.54, 1.807) is 6.20 Å². The van der Waals surface area contributed by atoms with Crippen LogP contribution in [-0.2, 0) is 16.6 Å². The van der Waals surface area contributed by atoms with Crippen molar-refractivity contribution >= 4 is 21.4 Å². The Morgan fingerprint density at radius 3 is 2.55 bits per heavy atom. The molecule has 0 saturated carbocycles. The largest absolute Gasteiger partial charge is 0.494 e. The summed E-state index contributed by atoms with van der Waals surface area (Å²) < 4.78 is 75.9. The first-order valence-corrected chi connectivity index (χ1v) is 10.3. The number of aromatic nitrogens is 3. The quantitative estimate of drug-likeness (QED) is 0.451. The molecule has 0 amide bonds. The molecule has 7 nitrogen and oxygen atoms in total. The van der Waals surface area contributed by atoms with Crippen LogP contribution in [0.5, 0.6) is 5.75 Å². The highest BCUT2D eigenvalue weighted by atomic mass is 32.2. The smallest absolute Gasteiger partial charge is 0.268 e. The molecule has 0 bridgehead atoms. The molecule has 31 heavy (non-hydrogen) atoms. The van der Waals surface area contributed by atoms with Gasteiger partial charge in [0.25, 0.3) is 10.0 Å². The third-order valence-electron chi connectivity index (χ3n) is 4.59. The molecular formula is C20H15F3N4O3S. The molecule has 0 saturated heterocycles. The van der Waals surface area contributed by atoms with Crippen molar-refractivity contribution in [2.45, 2.75) is 11.4 Å². The molecule has 0 spiro atoms.